The van der Waals surface area contributed by atoms with Gasteiger partial charge < -0.3 is 20.1 Å². The van der Waals surface area contributed by atoms with Gasteiger partial charge in [-0.15, -0.1) is 0 Å². The van der Waals surface area contributed by atoms with E-state index in [9.17, 15) is 9.90 Å². The average molecular weight is 304 g/mol. The zero-order chi connectivity index (χ0) is 15.5. The Morgan fingerprint density at radius 1 is 1.27 bits per heavy atom. The number of likely N-dealkylation sites (tertiary alicyclic amines) is 1. The van der Waals surface area contributed by atoms with Crippen LogP contribution in [-0.2, 0) is 4.79 Å². The maximum atomic E-state index is 12.4. The van der Waals surface area contributed by atoms with Gasteiger partial charge in [0.05, 0.1) is 12.1 Å². The summed E-state index contributed by atoms with van der Waals surface area (Å²) in [5.74, 6) is 1.02. The van der Waals surface area contributed by atoms with Crippen molar-refractivity contribution in [3.05, 3.63) is 29.8 Å². The first-order valence-corrected chi connectivity index (χ1v) is 8.05. The smallest absolute Gasteiger partial charge is 0.239 e. The second-order valence-corrected chi connectivity index (χ2v) is 6.31. The number of piperidine rings is 1. The number of aliphatic hydroxyl groups excluding tert-OH is 1. The predicted molar refractivity (Wildman–Crippen MR) is 83.8 cm³/mol. The Morgan fingerprint density at radius 2 is 1.95 bits per heavy atom. The minimum atomic E-state index is -0.392. The highest BCUT2D eigenvalue weighted by molar-refractivity contribution is 5.82. The second-order valence-electron chi connectivity index (χ2n) is 6.31. The molecule has 2 aliphatic rings. The Morgan fingerprint density at radius 3 is 2.55 bits per heavy atom. The number of hydrogen-bond donors (Lipinski definition) is 2. The molecule has 1 aromatic carbocycles. The summed E-state index contributed by atoms with van der Waals surface area (Å²) in [6.45, 7) is 4.03. The van der Waals surface area contributed by atoms with Crippen LogP contribution in [0, 0.1) is 6.92 Å². The topological polar surface area (TPSA) is 61.8 Å². The normalized spacial score (nSPS) is 26.2. The van der Waals surface area contributed by atoms with Crippen molar-refractivity contribution >= 4 is 5.91 Å². The van der Waals surface area contributed by atoms with Crippen molar-refractivity contribution in [2.45, 2.75) is 44.4 Å². The van der Waals surface area contributed by atoms with Crippen LogP contribution >= 0.6 is 0 Å². The summed E-state index contributed by atoms with van der Waals surface area (Å²) in [5, 5.41) is 12.6. The summed E-state index contributed by atoms with van der Waals surface area (Å²) in [6, 6.07) is 7.87. The maximum Gasteiger partial charge on any atom is 0.239 e. The fourth-order valence-corrected chi connectivity index (χ4v) is 3.13. The van der Waals surface area contributed by atoms with Gasteiger partial charge in [-0.25, -0.2) is 0 Å². The third-order valence-corrected chi connectivity index (χ3v) is 4.48. The first kappa shape index (κ1) is 15.3. The van der Waals surface area contributed by atoms with E-state index in [1.807, 2.05) is 29.2 Å². The van der Waals surface area contributed by atoms with Crippen molar-refractivity contribution in [2.24, 2.45) is 0 Å². The molecule has 5 nitrogen and oxygen atoms in total. The molecule has 0 spiro atoms. The minimum absolute atomic E-state index is 0.116. The van der Waals surface area contributed by atoms with Crippen molar-refractivity contribution in [1.82, 2.24) is 10.2 Å². The fraction of sp³-hybridized carbons (Fsp3) is 0.588. The maximum absolute atomic E-state index is 12.4. The zero-order valence-corrected chi connectivity index (χ0v) is 13.0. The fourth-order valence-electron chi connectivity index (χ4n) is 3.13. The van der Waals surface area contributed by atoms with E-state index in [0.717, 1.165) is 31.7 Å². The molecule has 22 heavy (non-hydrogen) atoms. The zero-order valence-electron chi connectivity index (χ0n) is 13.0. The number of rotatable bonds is 3. The number of hydrogen-bond acceptors (Lipinski definition) is 4. The van der Waals surface area contributed by atoms with Gasteiger partial charge in [0.25, 0.3) is 0 Å². The summed E-state index contributed by atoms with van der Waals surface area (Å²) in [7, 11) is 0. The summed E-state index contributed by atoms with van der Waals surface area (Å²) in [6.07, 6.45) is 2.02. The molecule has 2 fully saturated rings. The Balaban J connectivity index is 1.48. The van der Waals surface area contributed by atoms with Crippen LogP contribution < -0.4 is 10.1 Å². The molecule has 0 bridgehead atoms. The van der Waals surface area contributed by atoms with Gasteiger partial charge in [0.2, 0.25) is 5.91 Å². The van der Waals surface area contributed by atoms with Crippen molar-refractivity contribution < 1.29 is 14.6 Å². The lowest BCUT2D eigenvalue weighted by Gasteiger charge is -2.33. The molecule has 0 radical (unpaired) electrons. The third kappa shape index (κ3) is 3.59. The van der Waals surface area contributed by atoms with Crippen LogP contribution in [0.2, 0.25) is 0 Å². The van der Waals surface area contributed by atoms with Crippen LogP contribution in [0.3, 0.4) is 0 Å². The Labute approximate surface area is 131 Å². The van der Waals surface area contributed by atoms with Crippen LogP contribution in [0.15, 0.2) is 24.3 Å². The largest absolute Gasteiger partial charge is 0.490 e. The molecule has 0 saturated carbocycles. The molecule has 2 N–H and O–H groups in total. The standard InChI is InChI=1S/C17H24N2O3/c1-12-2-4-14(5-3-12)22-15-6-8-19(9-7-15)17(21)16-10-13(20)11-18-16/h2-5,13,15-16,18,20H,6-11H2,1H3/t13-,16+/m1/s1. The number of benzene rings is 1. The van der Waals surface area contributed by atoms with E-state index in [4.69, 9.17) is 4.74 Å². The van der Waals surface area contributed by atoms with Gasteiger partial charge in [0.15, 0.2) is 0 Å². The predicted octanol–water partition coefficient (Wildman–Crippen LogP) is 1.09. The lowest BCUT2D eigenvalue weighted by atomic mass is 10.1. The van der Waals surface area contributed by atoms with E-state index in [2.05, 4.69) is 12.2 Å². The highest BCUT2D eigenvalue weighted by atomic mass is 16.5. The molecule has 2 saturated heterocycles. The van der Waals surface area contributed by atoms with Crippen molar-refractivity contribution in [1.29, 1.82) is 0 Å². The molecule has 0 aromatic heterocycles. The van der Waals surface area contributed by atoms with Crippen molar-refractivity contribution in [2.75, 3.05) is 19.6 Å². The van der Waals surface area contributed by atoms with Gasteiger partial charge in [-0.1, -0.05) is 17.7 Å². The SMILES string of the molecule is Cc1ccc(OC2CCN(C(=O)[C@@H]3C[C@@H](O)CN3)CC2)cc1. The molecule has 5 heteroatoms. The van der Waals surface area contributed by atoms with Crippen LogP contribution in [0.4, 0.5) is 0 Å². The Bertz CT molecular complexity index is 509. The average Bonchev–Trinajstić information content (AvgIpc) is 2.96. The van der Waals surface area contributed by atoms with E-state index < -0.39 is 6.10 Å². The Hall–Kier alpha value is -1.59. The first-order chi connectivity index (χ1) is 10.6. The monoisotopic (exact) mass is 304 g/mol. The summed E-state index contributed by atoms with van der Waals surface area (Å²) >= 11 is 0. The minimum Gasteiger partial charge on any atom is -0.490 e. The molecule has 1 aromatic rings. The molecule has 0 aliphatic carbocycles. The lowest BCUT2D eigenvalue weighted by molar-refractivity contribution is -0.135. The number of carbonyl (C=O) groups excluding carboxylic acids is 1. The molecule has 2 aliphatic heterocycles. The molecule has 0 unspecified atom stereocenters. The summed E-state index contributed by atoms with van der Waals surface area (Å²) in [5.41, 5.74) is 1.22. The number of ether oxygens (including phenoxy) is 1. The van der Waals surface area contributed by atoms with E-state index in [-0.39, 0.29) is 18.1 Å². The van der Waals surface area contributed by atoms with Gasteiger partial charge >= 0.3 is 0 Å². The van der Waals surface area contributed by atoms with E-state index in [1.165, 1.54) is 5.56 Å². The highest BCUT2D eigenvalue weighted by Gasteiger charge is 2.33. The van der Waals surface area contributed by atoms with Crippen molar-refractivity contribution in [3.8, 4) is 5.75 Å². The number of aliphatic hydroxyl groups is 1. The van der Waals surface area contributed by atoms with Crippen LogP contribution in [0.25, 0.3) is 0 Å². The van der Waals surface area contributed by atoms with E-state index in [0.29, 0.717) is 13.0 Å². The van der Waals surface area contributed by atoms with Crippen LogP contribution in [0.5, 0.6) is 5.75 Å². The number of nitrogens with zero attached hydrogens (tertiary/aromatic N) is 1. The third-order valence-electron chi connectivity index (χ3n) is 4.48. The molecule has 3 rings (SSSR count). The number of β-amino-alcohol motifs (C(OH)–C–C–N with tert-alkyl or cyclic N) is 1. The van der Waals surface area contributed by atoms with Gasteiger partial charge in [-0.05, 0) is 25.5 Å². The second kappa shape index (κ2) is 6.67. The Kier molecular flexibility index (Phi) is 4.64. The molecule has 120 valence electrons. The highest BCUT2D eigenvalue weighted by Crippen LogP contribution is 2.21. The molecular weight excluding hydrogens is 280 g/mol. The van der Waals surface area contributed by atoms with Crippen LogP contribution in [0.1, 0.15) is 24.8 Å². The van der Waals surface area contributed by atoms with Crippen LogP contribution in [-0.4, -0.2) is 53.8 Å². The van der Waals surface area contributed by atoms with Gasteiger partial charge in [-0.3, -0.25) is 4.79 Å². The molecule has 2 heterocycles. The number of amides is 1. The number of nitrogens with one attached hydrogen (secondary N) is 1. The van der Waals surface area contributed by atoms with E-state index >= 15 is 0 Å². The van der Waals surface area contributed by atoms with Gasteiger partial charge in [0, 0.05) is 32.5 Å². The van der Waals surface area contributed by atoms with Gasteiger partial charge in [-0.2, -0.15) is 0 Å². The molecule has 2 atom stereocenters. The molecular formula is C17H24N2O3. The molecule has 1 amide bonds. The summed E-state index contributed by atoms with van der Waals surface area (Å²) in [4.78, 5) is 14.3. The van der Waals surface area contributed by atoms with Crippen molar-refractivity contribution in [3.63, 3.8) is 0 Å². The number of carbonyl (C=O) groups is 1. The first-order valence-electron chi connectivity index (χ1n) is 8.05. The lowest BCUT2D eigenvalue weighted by Crippen LogP contribution is -2.48. The van der Waals surface area contributed by atoms with Gasteiger partial charge in [0.1, 0.15) is 11.9 Å². The quantitative estimate of drug-likeness (QED) is 0.877. The summed E-state index contributed by atoms with van der Waals surface area (Å²) < 4.78 is 5.99. The van der Waals surface area contributed by atoms with E-state index in [1.54, 1.807) is 0 Å². The number of aryl methyl sites for hydroxylation is 1.